The Morgan fingerprint density at radius 1 is 1.41 bits per heavy atom. The zero-order valence-corrected chi connectivity index (χ0v) is 10.3. The second-order valence-corrected chi connectivity index (χ2v) is 3.81. The second-order valence-electron chi connectivity index (χ2n) is 3.81. The summed E-state index contributed by atoms with van der Waals surface area (Å²) < 4.78 is 18.1. The largest absolute Gasteiger partial charge is 0.496 e. The predicted molar refractivity (Wildman–Crippen MR) is 64.8 cm³/mol. The van der Waals surface area contributed by atoms with Gasteiger partial charge in [0.15, 0.2) is 0 Å². The van der Waals surface area contributed by atoms with Gasteiger partial charge in [0.1, 0.15) is 11.6 Å². The van der Waals surface area contributed by atoms with Crippen LogP contribution in [0.5, 0.6) is 5.75 Å². The Bertz CT molecular complexity index is 380. The Kier molecular flexibility index (Phi) is 5.46. The molecule has 0 saturated carbocycles. The second kappa shape index (κ2) is 6.89. The number of hydrogen-bond acceptors (Lipinski definition) is 2. The van der Waals surface area contributed by atoms with E-state index in [1.54, 1.807) is 0 Å². The Morgan fingerprint density at radius 3 is 2.82 bits per heavy atom. The van der Waals surface area contributed by atoms with E-state index in [9.17, 15) is 9.18 Å². The van der Waals surface area contributed by atoms with Crippen molar-refractivity contribution in [1.29, 1.82) is 0 Å². The first-order valence-corrected chi connectivity index (χ1v) is 5.80. The van der Waals surface area contributed by atoms with Crippen molar-refractivity contribution in [1.82, 2.24) is 5.32 Å². The zero-order valence-electron chi connectivity index (χ0n) is 10.3. The van der Waals surface area contributed by atoms with Crippen LogP contribution in [-0.2, 0) is 0 Å². The quantitative estimate of drug-likeness (QED) is 0.775. The van der Waals surface area contributed by atoms with Crippen LogP contribution in [-0.4, -0.2) is 19.6 Å². The lowest BCUT2D eigenvalue weighted by Gasteiger charge is -2.09. The van der Waals surface area contributed by atoms with Crippen molar-refractivity contribution in [2.75, 3.05) is 13.7 Å². The molecule has 1 rings (SSSR count). The molecule has 0 atom stereocenters. The molecule has 0 aliphatic carbocycles. The molecule has 1 aromatic rings. The van der Waals surface area contributed by atoms with Gasteiger partial charge >= 0.3 is 0 Å². The maximum Gasteiger partial charge on any atom is 0.255 e. The molecule has 0 fully saturated rings. The van der Waals surface area contributed by atoms with Gasteiger partial charge in [-0.2, -0.15) is 0 Å². The minimum Gasteiger partial charge on any atom is -0.496 e. The van der Waals surface area contributed by atoms with E-state index in [4.69, 9.17) is 4.74 Å². The summed E-state index contributed by atoms with van der Waals surface area (Å²) in [6.45, 7) is 2.70. The smallest absolute Gasteiger partial charge is 0.255 e. The fraction of sp³-hybridized carbons (Fsp3) is 0.462. The Balaban J connectivity index is 2.64. The van der Waals surface area contributed by atoms with Crippen LogP contribution in [0.2, 0.25) is 0 Å². The van der Waals surface area contributed by atoms with Crippen molar-refractivity contribution in [2.45, 2.75) is 26.2 Å². The lowest BCUT2D eigenvalue weighted by atomic mass is 10.1. The van der Waals surface area contributed by atoms with E-state index in [-0.39, 0.29) is 11.5 Å². The number of hydrogen-bond donors (Lipinski definition) is 1. The van der Waals surface area contributed by atoms with Crippen molar-refractivity contribution < 1.29 is 13.9 Å². The zero-order chi connectivity index (χ0) is 12.7. The first-order valence-electron chi connectivity index (χ1n) is 5.80. The molecule has 1 amide bonds. The van der Waals surface area contributed by atoms with Gasteiger partial charge in [0.2, 0.25) is 0 Å². The van der Waals surface area contributed by atoms with Gasteiger partial charge in [0.25, 0.3) is 5.91 Å². The van der Waals surface area contributed by atoms with Gasteiger partial charge < -0.3 is 10.1 Å². The Labute approximate surface area is 101 Å². The van der Waals surface area contributed by atoms with Crippen LogP contribution in [0.4, 0.5) is 4.39 Å². The van der Waals surface area contributed by atoms with E-state index in [2.05, 4.69) is 12.2 Å². The molecular formula is C13H18FNO2. The molecule has 1 aromatic carbocycles. The van der Waals surface area contributed by atoms with Crippen LogP contribution in [0.25, 0.3) is 0 Å². The maximum absolute atomic E-state index is 13.1. The third kappa shape index (κ3) is 4.06. The number of carbonyl (C=O) groups is 1. The van der Waals surface area contributed by atoms with Gasteiger partial charge in [0.05, 0.1) is 12.7 Å². The van der Waals surface area contributed by atoms with E-state index >= 15 is 0 Å². The van der Waals surface area contributed by atoms with Gasteiger partial charge in [-0.1, -0.05) is 19.8 Å². The van der Waals surface area contributed by atoms with Crippen LogP contribution >= 0.6 is 0 Å². The Morgan fingerprint density at radius 2 is 2.18 bits per heavy atom. The summed E-state index contributed by atoms with van der Waals surface area (Å²) in [5.41, 5.74) is 0.240. The highest BCUT2D eigenvalue weighted by molar-refractivity contribution is 5.96. The lowest BCUT2D eigenvalue weighted by Crippen LogP contribution is -2.25. The molecule has 0 spiro atoms. The highest BCUT2D eigenvalue weighted by Crippen LogP contribution is 2.18. The molecule has 0 heterocycles. The molecule has 0 unspecified atom stereocenters. The Hall–Kier alpha value is -1.58. The molecule has 0 bridgehead atoms. The van der Waals surface area contributed by atoms with E-state index in [1.807, 2.05) is 0 Å². The van der Waals surface area contributed by atoms with Crippen LogP contribution < -0.4 is 10.1 Å². The highest BCUT2D eigenvalue weighted by Gasteiger charge is 2.12. The maximum atomic E-state index is 13.1. The molecule has 1 N–H and O–H groups in total. The van der Waals surface area contributed by atoms with Crippen LogP contribution in [0.1, 0.15) is 36.5 Å². The van der Waals surface area contributed by atoms with Gasteiger partial charge in [-0.15, -0.1) is 0 Å². The van der Waals surface area contributed by atoms with Crippen molar-refractivity contribution >= 4 is 5.91 Å². The minimum atomic E-state index is -0.440. The molecule has 0 radical (unpaired) electrons. The van der Waals surface area contributed by atoms with E-state index in [0.29, 0.717) is 12.3 Å². The minimum absolute atomic E-state index is 0.240. The monoisotopic (exact) mass is 239 g/mol. The first kappa shape index (κ1) is 13.5. The van der Waals surface area contributed by atoms with Crippen molar-refractivity contribution in [3.8, 4) is 5.75 Å². The molecule has 0 aromatic heterocycles. The molecular weight excluding hydrogens is 221 g/mol. The normalized spacial score (nSPS) is 10.1. The number of rotatable bonds is 6. The number of carbonyl (C=O) groups excluding carboxylic acids is 1. The van der Waals surface area contributed by atoms with E-state index in [1.165, 1.54) is 25.3 Å². The van der Waals surface area contributed by atoms with Crippen LogP contribution in [0.15, 0.2) is 18.2 Å². The summed E-state index contributed by atoms with van der Waals surface area (Å²) >= 11 is 0. The molecule has 0 aliphatic heterocycles. The third-order valence-corrected chi connectivity index (χ3v) is 2.47. The van der Waals surface area contributed by atoms with Gasteiger partial charge in [-0.25, -0.2) is 4.39 Å². The molecule has 3 nitrogen and oxygen atoms in total. The fourth-order valence-corrected chi connectivity index (χ4v) is 1.53. The van der Waals surface area contributed by atoms with E-state index < -0.39 is 5.82 Å². The van der Waals surface area contributed by atoms with Crippen LogP contribution in [0, 0.1) is 5.82 Å². The lowest BCUT2D eigenvalue weighted by molar-refractivity contribution is 0.0949. The number of ether oxygens (including phenoxy) is 1. The average Bonchev–Trinajstić information content (AvgIpc) is 2.34. The third-order valence-electron chi connectivity index (χ3n) is 2.47. The van der Waals surface area contributed by atoms with Gasteiger partial charge in [0, 0.05) is 6.54 Å². The molecule has 0 aliphatic rings. The van der Waals surface area contributed by atoms with Crippen LogP contribution in [0.3, 0.4) is 0 Å². The summed E-state index contributed by atoms with van der Waals surface area (Å²) in [4.78, 5) is 11.8. The highest BCUT2D eigenvalue weighted by atomic mass is 19.1. The topological polar surface area (TPSA) is 38.3 Å². The van der Waals surface area contributed by atoms with Crippen molar-refractivity contribution in [3.63, 3.8) is 0 Å². The summed E-state index contributed by atoms with van der Waals surface area (Å²) in [5, 5.41) is 2.75. The average molecular weight is 239 g/mol. The molecule has 4 heteroatoms. The number of benzene rings is 1. The number of amides is 1. The molecule has 17 heavy (non-hydrogen) atoms. The van der Waals surface area contributed by atoms with E-state index in [0.717, 1.165) is 19.3 Å². The molecule has 0 saturated heterocycles. The van der Waals surface area contributed by atoms with Gasteiger partial charge in [-0.05, 0) is 24.6 Å². The first-order chi connectivity index (χ1) is 8.19. The summed E-state index contributed by atoms with van der Waals surface area (Å²) in [6.07, 6.45) is 3.10. The fourth-order valence-electron chi connectivity index (χ4n) is 1.53. The standard InChI is InChI=1S/C13H18FNO2/c1-3-4-5-8-15-13(16)11-9-10(14)6-7-12(11)17-2/h6-7,9H,3-5,8H2,1-2H3,(H,15,16). The summed E-state index contributed by atoms with van der Waals surface area (Å²) in [5.74, 6) is -0.346. The summed E-state index contributed by atoms with van der Waals surface area (Å²) in [7, 11) is 1.46. The number of methoxy groups -OCH3 is 1. The van der Waals surface area contributed by atoms with Gasteiger partial charge in [-0.3, -0.25) is 4.79 Å². The summed E-state index contributed by atoms with van der Waals surface area (Å²) in [6, 6.07) is 3.91. The number of halogens is 1. The number of nitrogens with one attached hydrogen (secondary N) is 1. The van der Waals surface area contributed by atoms with Crippen molar-refractivity contribution in [3.05, 3.63) is 29.6 Å². The molecule has 94 valence electrons. The van der Waals surface area contributed by atoms with Crippen molar-refractivity contribution in [2.24, 2.45) is 0 Å². The predicted octanol–water partition coefficient (Wildman–Crippen LogP) is 2.75. The number of unbranched alkanes of at least 4 members (excludes halogenated alkanes) is 2. The SMILES string of the molecule is CCCCCNC(=O)c1cc(F)ccc1OC.